The first kappa shape index (κ1) is 14.9. The number of aromatic nitrogens is 1. The molecule has 21 heavy (non-hydrogen) atoms. The van der Waals surface area contributed by atoms with Crippen molar-refractivity contribution in [2.75, 3.05) is 18.8 Å². The number of carboxylic acid groups (broad SMARTS) is 1. The standard InChI is InChI=1S/C14H12N2O4S/c1-2-7-16(8-13(18)19)12(17)9-21-14-15-10-5-3-4-6-11(10)20-14/h1,3-6H,7-9H2,(H,18,19). The summed E-state index contributed by atoms with van der Waals surface area (Å²) in [6, 6.07) is 7.25. The molecule has 0 spiro atoms. The van der Waals surface area contributed by atoms with Crippen molar-refractivity contribution in [1.82, 2.24) is 9.88 Å². The number of thioether (sulfide) groups is 1. The van der Waals surface area contributed by atoms with E-state index in [9.17, 15) is 9.59 Å². The van der Waals surface area contributed by atoms with Crippen LogP contribution in [0.5, 0.6) is 0 Å². The van der Waals surface area contributed by atoms with Crippen LogP contribution in [0.1, 0.15) is 0 Å². The molecule has 1 amide bonds. The summed E-state index contributed by atoms with van der Waals surface area (Å²) in [5, 5.41) is 9.10. The quantitative estimate of drug-likeness (QED) is 0.642. The summed E-state index contributed by atoms with van der Waals surface area (Å²) in [5.74, 6) is 0.804. The third-order valence-electron chi connectivity index (χ3n) is 2.55. The number of terminal acetylenes is 1. The van der Waals surface area contributed by atoms with Gasteiger partial charge in [0.05, 0.1) is 12.3 Å². The molecule has 0 radical (unpaired) electrons. The fourth-order valence-electron chi connectivity index (χ4n) is 1.63. The van der Waals surface area contributed by atoms with E-state index in [2.05, 4.69) is 10.9 Å². The molecule has 0 saturated carbocycles. The van der Waals surface area contributed by atoms with Crippen LogP contribution < -0.4 is 0 Å². The van der Waals surface area contributed by atoms with Gasteiger partial charge in [-0.2, -0.15) is 0 Å². The molecule has 108 valence electrons. The van der Waals surface area contributed by atoms with Crippen molar-refractivity contribution in [3.8, 4) is 12.3 Å². The first-order valence-corrected chi connectivity index (χ1v) is 7.00. The Bertz CT molecular complexity index is 671. The summed E-state index contributed by atoms with van der Waals surface area (Å²) >= 11 is 1.11. The molecule has 0 fully saturated rings. The van der Waals surface area contributed by atoms with Gasteiger partial charge in [0.2, 0.25) is 5.91 Å². The predicted molar refractivity (Wildman–Crippen MR) is 77.8 cm³/mol. The van der Waals surface area contributed by atoms with Crippen molar-refractivity contribution >= 4 is 34.7 Å². The highest BCUT2D eigenvalue weighted by Crippen LogP contribution is 2.23. The van der Waals surface area contributed by atoms with Gasteiger partial charge in [-0.05, 0) is 12.1 Å². The van der Waals surface area contributed by atoms with Gasteiger partial charge in [0.15, 0.2) is 5.58 Å². The Balaban J connectivity index is 1.98. The maximum absolute atomic E-state index is 11.9. The van der Waals surface area contributed by atoms with E-state index in [1.54, 1.807) is 12.1 Å². The van der Waals surface area contributed by atoms with E-state index in [0.717, 1.165) is 16.7 Å². The number of oxazole rings is 1. The number of hydrogen-bond donors (Lipinski definition) is 1. The average molecular weight is 304 g/mol. The van der Waals surface area contributed by atoms with Gasteiger partial charge in [0, 0.05) is 0 Å². The summed E-state index contributed by atoms with van der Waals surface area (Å²) in [6.45, 7) is -0.462. The highest BCUT2D eigenvalue weighted by atomic mass is 32.2. The zero-order valence-corrected chi connectivity index (χ0v) is 11.8. The number of carbonyl (C=O) groups is 2. The molecule has 0 aliphatic carbocycles. The van der Waals surface area contributed by atoms with E-state index in [1.165, 1.54) is 0 Å². The van der Waals surface area contributed by atoms with Gasteiger partial charge in [-0.15, -0.1) is 6.42 Å². The van der Waals surface area contributed by atoms with Crippen molar-refractivity contribution < 1.29 is 19.1 Å². The van der Waals surface area contributed by atoms with Crippen LogP contribution in [0.2, 0.25) is 0 Å². The van der Waals surface area contributed by atoms with Crippen molar-refractivity contribution in [2.24, 2.45) is 0 Å². The smallest absolute Gasteiger partial charge is 0.323 e. The Morgan fingerprint density at radius 3 is 2.86 bits per heavy atom. The summed E-state index contributed by atoms with van der Waals surface area (Å²) in [6.07, 6.45) is 5.13. The third kappa shape index (κ3) is 4.00. The van der Waals surface area contributed by atoms with Crippen LogP contribution in [0.3, 0.4) is 0 Å². The minimum atomic E-state index is -1.11. The van der Waals surface area contributed by atoms with Crippen molar-refractivity contribution in [2.45, 2.75) is 5.22 Å². The molecule has 7 heteroatoms. The van der Waals surface area contributed by atoms with Crippen LogP contribution in [0.15, 0.2) is 33.9 Å². The second-order valence-corrected chi connectivity index (χ2v) is 5.01. The van der Waals surface area contributed by atoms with Gasteiger partial charge >= 0.3 is 5.97 Å². The molecular weight excluding hydrogens is 292 g/mol. The Kier molecular flexibility index (Phi) is 4.85. The first-order chi connectivity index (χ1) is 10.1. The highest BCUT2D eigenvalue weighted by molar-refractivity contribution is 7.99. The number of para-hydroxylation sites is 2. The number of amides is 1. The molecule has 0 bridgehead atoms. The largest absolute Gasteiger partial charge is 0.480 e. The SMILES string of the molecule is C#CCN(CC(=O)O)C(=O)CSc1nc2ccccc2o1. The van der Waals surface area contributed by atoms with Gasteiger partial charge in [-0.1, -0.05) is 29.8 Å². The lowest BCUT2D eigenvalue weighted by Gasteiger charge is -2.16. The van der Waals surface area contributed by atoms with E-state index < -0.39 is 12.5 Å². The van der Waals surface area contributed by atoms with Crippen LogP contribution in [-0.4, -0.2) is 45.7 Å². The monoisotopic (exact) mass is 304 g/mol. The van der Waals surface area contributed by atoms with Gasteiger partial charge in [-0.25, -0.2) is 4.98 Å². The van der Waals surface area contributed by atoms with E-state index in [-0.39, 0.29) is 18.2 Å². The van der Waals surface area contributed by atoms with Crippen LogP contribution in [0, 0.1) is 12.3 Å². The van der Waals surface area contributed by atoms with Crippen molar-refractivity contribution in [1.29, 1.82) is 0 Å². The molecule has 0 saturated heterocycles. The number of nitrogens with zero attached hydrogens (tertiary/aromatic N) is 2. The minimum absolute atomic E-state index is 0.0157. The summed E-state index contributed by atoms with van der Waals surface area (Å²) in [7, 11) is 0. The first-order valence-electron chi connectivity index (χ1n) is 6.01. The number of carbonyl (C=O) groups excluding carboxylic acids is 1. The Labute approximate surface area is 125 Å². The zero-order valence-electron chi connectivity index (χ0n) is 11.0. The zero-order chi connectivity index (χ0) is 15.2. The number of hydrogen-bond acceptors (Lipinski definition) is 5. The van der Waals surface area contributed by atoms with E-state index >= 15 is 0 Å². The fourth-order valence-corrected chi connectivity index (χ4v) is 2.37. The number of fused-ring (bicyclic) bond motifs is 1. The van der Waals surface area contributed by atoms with Crippen molar-refractivity contribution in [3.05, 3.63) is 24.3 Å². The second-order valence-electron chi connectivity index (χ2n) is 4.08. The number of carboxylic acids is 1. The molecule has 0 aliphatic rings. The van der Waals surface area contributed by atoms with E-state index in [0.29, 0.717) is 16.3 Å². The molecule has 2 aromatic rings. The third-order valence-corrected chi connectivity index (χ3v) is 3.37. The molecule has 1 aromatic heterocycles. The summed E-state index contributed by atoms with van der Waals surface area (Å²) in [5.41, 5.74) is 1.34. The number of rotatable bonds is 6. The number of benzene rings is 1. The van der Waals surface area contributed by atoms with Gasteiger partial charge in [-0.3, -0.25) is 9.59 Å². The van der Waals surface area contributed by atoms with Crippen molar-refractivity contribution in [3.63, 3.8) is 0 Å². The molecular formula is C14H12N2O4S. The highest BCUT2D eigenvalue weighted by Gasteiger charge is 2.17. The van der Waals surface area contributed by atoms with Gasteiger partial charge < -0.3 is 14.4 Å². The average Bonchev–Trinajstić information content (AvgIpc) is 2.86. The molecule has 1 aromatic carbocycles. The molecule has 6 nitrogen and oxygen atoms in total. The molecule has 1 N–H and O–H groups in total. The van der Waals surface area contributed by atoms with E-state index in [1.807, 2.05) is 12.1 Å². The van der Waals surface area contributed by atoms with Gasteiger partial charge in [0.25, 0.3) is 5.22 Å². The van der Waals surface area contributed by atoms with Gasteiger partial charge in [0.1, 0.15) is 12.1 Å². The Morgan fingerprint density at radius 1 is 1.43 bits per heavy atom. The Morgan fingerprint density at radius 2 is 2.19 bits per heavy atom. The lowest BCUT2D eigenvalue weighted by atomic mass is 10.3. The molecule has 0 atom stereocenters. The topological polar surface area (TPSA) is 83.6 Å². The van der Waals surface area contributed by atoms with Crippen LogP contribution in [-0.2, 0) is 9.59 Å². The molecule has 2 rings (SSSR count). The Hall–Kier alpha value is -2.46. The lowest BCUT2D eigenvalue weighted by molar-refractivity contribution is -0.143. The number of aliphatic carboxylic acids is 1. The van der Waals surface area contributed by atoms with Crippen LogP contribution in [0.25, 0.3) is 11.1 Å². The maximum atomic E-state index is 11.9. The molecule has 1 heterocycles. The maximum Gasteiger partial charge on any atom is 0.323 e. The summed E-state index contributed by atoms with van der Waals surface area (Å²) < 4.78 is 5.46. The fraction of sp³-hybridized carbons (Fsp3) is 0.214. The molecule has 0 aliphatic heterocycles. The normalized spacial score (nSPS) is 10.2. The minimum Gasteiger partial charge on any atom is -0.480 e. The molecule has 0 unspecified atom stereocenters. The lowest BCUT2D eigenvalue weighted by Crippen LogP contribution is -2.37. The second kappa shape index (κ2) is 6.81. The van der Waals surface area contributed by atoms with Crippen LogP contribution >= 0.6 is 11.8 Å². The summed E-state index contributed by atoms with van der Waals surface area (Å²) in [4.78, 5) is 27.9. The van der Waals surface area contributed by atoms with Crippen LogP contribution in [0.4, 0.5) is 0 Å². The van der Waals surface area contributed by atoms with E-state index in [4.69, 9.17) is 15.9 Å². The predicted octanol–water partition coefficient (Wildman–Crippen LogP) is 1.47.